The number of carbonyl (C=O) groups excluding carboxylic acids is 2. The van der Waals surface area contributed by atoms with Crippen molar-refractivity contribution >= 4 is 34.3 Å². The number of rotatable bonds is 7. The Morgan fingerprint density at radius 1 is 1.21 bits per heavy atom. The summed E-state index contributed by atoms with van der Waals surface area (Å²) in [4.78, 5) is 26.0. The highest BCUT2D eigenvalue weighted by molar-refractivity contribution is 7.17. The molecule has 2 aromatic rings. The quantitative estimate of drug-likeness (QED) is 0.559. The number of benzene rings is 1. The number of hydrogen-bond acceptors (Lipinski definition) is 6. The Labute approximate surface area is 168 Å². The number of thiophene rings is 1. The zero-order chi connectivity index (χ0) is 20.1. The maximum Gasteiger partial charge on any atom is 0.341 e. The second-order valence-corrected chi connectivity index (χ2v) is 7.32. The standard InChI is InChI=1S/C21H23NO5S/c1-4-27-21(24)19-15-6-5-7-17(15)28-20(19)22-18(23)11-9-13-8-10-14(25-2)12-16(13)26-3/h8-12H,4-7H2,1-3H3,(H,22,23). The molecule has 0 atom stereocenters. The molecule has 6 nitrogen and oxygen atoms in total. The molecule has 0 bridgehead atoms. The maximum absolute atomic E-state index is 12.5. The highest BCUT2D eigenvalue weighted by Crippen LogP contribution is 2.39. The van der Waals surface area contributed by atoms with Gasteiger partial charge in [-0.05, 0) is 50.0 Å². The van der Waals surface area contributed by atoms with E-state index < -0.39 is 0 Å². The molecule has 1 heterocycles. The number of nitrogens with one attached hydrogen (secondary N) is 1. The summed E-state index contributed by atoms with van der Waals surface area (Å²) in [5.74, 6) is 0.581. The number of hydrogen-bond donors (Lipinski definition) is 1. The van der Waals surface area contributed by atoms with E-state index in [-0.39, 0.29) is 11.9 Å². The van der Waals surface area contributed by atoms with E-state index in [4.69, 9.17) is 14.2 Å². The summed E-state index contributed by atoms with van der Waals surface area (Å²) < 4.78 is 15.7. The number of carbonyl (C=O) groups is 2. The lowest BCUT2D eigenvalue weighted by Crippen LogP contribution is -2.13. The topological polar surface area (TPSA) is 73.9 Å². The molecule has 1 aliphatic rings. The molecule has 1 amide bonds. The molecule has 0 saturated carbocycles. The number of methoxy groups -OCH3 is 2. The SMILES string of the molecule is CCOC(=O)c1c(NC(=O)C=Cc2ccc(OC)cc2OC)sc2c1CCC2. The van der Waals surface area contributed by atoms with Gasteiger partial charge in [-0.25, -0.2) is 4.79 Å². The van der Waals surface area contributed by atoms with Crippen molar-refractivity contribution in [3.8, 4) is 11.5 Å². The summed E-state index contributed by atoms with van der Waals surface area (Å²) in [5, 5.41) is 3.39. The van der Waals surface area contributed by atoms with Crippen LogP contribution in [0.25, 0.3) is 6.08 Å². The summed E-state index contributed by atoms with van der Waals surface area (Å²) >= 11 is 1.46. The Morgan fingerprint density at radius 3 is 2.75 bits per heavy atom. The summed E-state index contributed by atoms with van der Waals surface area (Å²) in [6.45, 7) is 2.07. The van der Waals surface area contributed by atoms with E-state index in [1.165, 1.54) is 17.4 Å². The predicted molar refractivity (Wildman–Crippen MR) is 110 cm³/mol. The minimum absolute atomic E-state index is 0.300. The number of esters is 1. The van der Waals surface area contributed by atoms with E-state index in [0.29, 0.717) is 28.7 Å². The van der Waals surface area contributed by atoms with Gasteiger partial charge in [0.25, 0.3) is 0 Å². The van der Waals surface area contributed by atoms with Gasteiger partial charge in [0.1, 0.15) is 16.5 Å². The number of fused-ring (bicyclic) bond motifs is 1. The molecule has 0 unspecified atom stereocenters. The van der Waals surface area contributed by atoms with Gasteiger partial charge in [0.05, 0.1) is 26.4 Å². The molecule has 28 heavy (non-hydrogen) atoms. The van der Waals surface area contributed by atoms with Crippen LogP contribution in [0.5, 0.6) is 11.5 Å². The van der Waals surface area contributed by atoms with E-state index >= 15 is 0 Å². The third kappa shape index (κ3) is 4.20. The van der Waals surface area contributed by atoms with Gasteiger partial charge in [-0.1, -0.05) is 0 Å². The Balaban J connectivity index is 1.79. The van der Waals surface area contributed by atoms with E-state index in [2.05, 4.69) is 5.32 Å². The molecule has 7 heteroatoms. The second-order valence-electron chi connectivity index (χ2n) is 6.21. The minimum Gasteiger partial charge on any atom is -0.497 e. The van der Waals surface area contributed by atoms with Crippen LogP contribution in [-0.2, 0) is 22.4 Å². The molecule has 0 radical (unpaired) electrons. The van der Waals surface area contributed by atoms with Gasteiger partial charge < -0.3 is 19.5 Å². The van der Waals surface area contributed by atoms with Gasteiger partial charge in [-0.15, -0.1) is 11.3 Å². The first-order chi connectivity index (χ1) is 13.6. The van der Waals surface area contributed by atoms with Gasteiger partial charge in [0.15, 0.2) is 0 Å². The number of ether oxygens (including phenoxy) is 3. The summed E-state index contributed by atoms with van der Waals surface area (Å²) in [5.41, 5.74) is 2.26. The van der Waals surface area contributed by atoms with E-state index in [1.54, 1.807) is 39.4 Å². The minimum atomic E-state index is -0.377. The molecule has 148 valence electrons. The second kappa shape index (κ2) is 8.93. The third-order valence-corrected chi connectivity index (χ3v) is 5.70. The van der Waals surface area contributed by atoms with Crippen LogP contribution in [0.15, 0.2) is 24.3 Å². The van der Waals surface area contributed by atoms with Gasteiger partial charge in [-0.3, -0.25) is 4.79 Å². The van der Waals surface area contributed by atoms with Crippen molar-refractivity contribution in [2.45, 2.75) is 26.2 Å². The third-order valence-electron chi connectivity index (χ3n) is 4.49. The van der Waals surface area contributed by atoms with Crippen LogP contribution in [0.3, 0.4) is 0 Å². The predicted octanol–water partition coefficient (Wildman–Crippen LogP) is 4.08. The van der Waals surface area contributed by atoms with Crippen LogP contribution in [0.1, 0.15) is 39.7 Å². The van der Waals surface area contributed by atoms with Crippen molar-refractivity contribution in [1.29, 1.82) is 0 Å². The summed E-state index contributed by atoms with van der Waals surface area (Å²) in [7, 11) is 3.14. The van der Waals surface area contributed by atoms with Gasteiger partial charge in [-0.2, -0.15) is 0 Å². The van der Waals surface area contributed by atoms with Gasteiger partial charge in [0.2, 0.25) is 5.91 Å². The van der Waals surface area contributed by atoms with Crippen molar-refractivity contribution in [3.63, 3.8) is 0 Å². The Kier molecular flexibility index (Phi) is 6.36. The first kappa shape index (κ1) is 19.9. The van der Waals surface area contributed by atoms with Crippen LogP contribution >= 0.6 is 11.3 Å². The van der Waals surface area contributed by atoms with Gasteiger partial charge in [0, 0.05) is 22.6 Å². The molecule has 3 rings (SSSR count). The van der Waals surface area contributed by atoms with Crippen LogP contribution < -0.4 is 14.8 Å². The lowest BCUT2D eigenvalue weighted by Gasteiger charge is -2.08. The van der Waals surface area contributed by atoms with Crippen LogP contribution in [-0.4, -0.2) is 32.7 Å². The molecule has 1 aromatic carbocycles. The molecule has 1 aromatic heterocycles. The number of aryl methyl sites for hydroxylation is 1. The normalized spacial score (nSPS) is 12.7. The first-order valence-corrected chi connectivity index (χ1v) is 9.91. The monoisotopic (exact) mass is 401 g/mol. The van der Waals surface area contributed by atoms with Crippen molar-refractivity contribution in [1.82, 2.24) is 0 Å². The molecular weight excluding hydrogens is 378 g/mol. The molecular formula is C21H23NO5S. The van der Waals surface area contributed by atoms with E-state index in [0.717, 1.165) is 35.3 Å². The first-order valence-electron chi connectivity index (χ1n) is 9.10. The molecule has 0 fully saturated rings. The Morgan fingerprint density at radius 2 is 2.04 bits per heavy atom. The highest BCUT2D eigenvalue weighted by atomic mass is 32.1. The van der Waals surface area contributed by atoms with Crippen LogP contribution in [0, 0.1) is 0 Å². The Hall–Kier alpha value is -2.80. The fourth-order valence-electron chi connectivity index (χ4n) is 3.19. The average molecular weight is 401 g/mol. The molecule has 0 aliphatic heterocycles. The number of amides is 1. The fourth-order valence-corrected chi connectivity index (χ4v) is 4.47. The zero-order valence-corrected chi connectivity index (χ0v) is 17.0. The van der Waals surface area contributed by atoms with Gasteiger partial charge >= 0.3 is 5.97 Å². The van der Waals surface area contributed by atoms with E-state index in [1.807, 2.05) is 6.07 Å². The molecule has 0 spiro atoms. The fraction of sp³-hybridized carbons (Fsp3) is 0.333. The van der Waals surface area contributed by atoms with Crippen molar-refractivity contribution in [2.24, 2.45) is 0 Å². The Bertz CT molecular complexity index is 916. The largest absolute Gasteiger partial charge is 0.497 e. The van der Waals surface area contributed by atoms with Crippen LogP contribution in [0.4, 0.5) is 5.00 Å². The zero-order valence-electron chi connectivity index (χ0n) is 16.2. The number of anilines is 1. The summed E-state index contributed by atoms with van der Waals surface area (Å²) in [6.07, 6.45) is 5.89. The molecule has 0 saturated heterocycles. The lowest BCUT2D eigenvalue weighted by atomic mass is 10.1. The summed E-state index contributed by atoms with van der Waals surface area (Å²) in [6, 6.07) is 5.36. The smallest absolute Gasteiger partial charge is 0.341 e. The van der Waals surface area contributed by atoms with Crippen molar-refractivity contribution in [3.05, 3.63) is 45.8 Å². The average Bonchev–Trinajstić information content (AvgIpc) is 3.27. The maximum atomic E-state index is 12.5. The molecule has 1 N–H and O–H groups in total. The van der Waals surface area contributed by atoms with Crippen molar-refractivity contribution < 1.29 is 23.8 Å². The van der Waals surface area contributed by atoms with Crippen molar-refractivity contribution in [2.75, 3.05) is 26.1 Å². The lowest BCUT2D eigenvalue weighted by molar-refractivity contribution is -0.111. The van der Waals surface area contributed by atoms with E-state index in [9.17, 15) is 9.59 Å². The van der Waals surface area contributed by atoms with Crippen LogP contribution in [0.2, 0.25) is 0 Å². The molecule has 1 aliphatic carbocycles. The highest BCUT2D eigenvalue weighted by Gasteiger charge is 2.28.